The molecule has 0 aromatic rings. The Kier molecular flexibility index (Phi) is 2.78. The minimum atomic E-state index is -0.155. The van der Waals surface area contributed by atoms with Crippen molar-refractivity contribution in [2.45, 2.75) is 46.5 Å². The lowest BCUT2D eigenvalue weighted by Crippen LogP contribution is -2.35. The molecular formula is C13H22O2. The molecule has 2 bridgehead atoms. The molecule has 2 aliphatic carbocycles. The molecule has 2 aliphatic rings. The maximum atomic E-state index is 12.0. The highest BCUT2D eigenvalue weighted by molar-refractivity contribution is 5.77. The van der Waals surface area contributed by atoms with Crippen LogP contribution in [0.2, 0.25) is 0 Å². The normalized spacial score (nSPS) is 38.7. The van der Waals surface area contributed by atoms with E-state index in [0.29, 0.717) is 18.4 Å². The zero-order valence-corrected chi connectivity index (χ0v) is 10.1. The molecule has 0 spiro atoms. The van der Waals surface area contributed by atoms with Crippen molar-refractivity contribution in [2.75, 3.05) is 6.61 Å². The van der Waals surface area contributed by atoms with Gasteiger partial charge in [0.25, 0.3) is 0 Å². The smallest absolute Gasteiger partial charge is 0.312 e. The first-order chi connectivity index (χ1) is 7.02. The summed E-state index contributed by atoms with van der Waals surface area (Å²) in [5, 5.41) is 0. The second kappa shape index (κ2) is 3.80. The minimum absolute atomic E-state index is 0.0587. The number of rotatable bonds is 3. The Labute approximate surface area is 92.4 Å². The molecule has 0 amide bonds. The van der Waals surface area contributed by atoms with Gasteiger partial charge in [-0.05, 0) is 43.9 Å². The van der Waals surface area contributed by atoms with Crippen LogP contribution in [-0.2, 0) is 9.53 Å². The Bertz CT molecular complexity index is 259. The van der Waals surface area contributed by atoms with Crippen LogP contribution in [0.3, 0.4) is 0 Å². The first-order valence-corrected chi connectivity index (χ1v) is 6.19. The monoisotopic (exact) mass is 210 g/mol. The number of hydrogen-bond donors (Lipinski definition) is 0. The molecular weight excluding hydrogens is 188 g/mol. The average molecular weight is 210 g/mol. The van der Waals surface area contributed by atoms with Crippen molar-refractivity contribution >= 4 is 5.97 Å². The average Bonchev–Trinajstić information content (AvgIpc) is 2.73. The van der Waals surface area contributed by atoms with Crippen molar-refractivity contribution in [3.63, 3.8) is 0 Å². The molecule has 3 atom stereocenters. The first-order valence-electron chi connectivity index (χ1n) is 6.19. The standard InChI is InChI=1S/C13H22O2/c1-9(2)8-15-12(14)13(3)7-10-4-5-11(13)6-10/h9-11H,4-8H2,1-3H3. The molecule has 0 aliphatic heterocycles. The van der Waals surface area contributed by atoms with Crippen LogP contribution in [0.15, 0.2) is 0 Å². The summed E-state index contributed by atoms with van der Waals surface area (Å²) in [6, 6.07) is 0. The number of carbonyl (C=O) groups is 1. The van der Waals surface area contributed by atoms with Gasteiger partial charge in [0.15, 0.2) is 0 Å². The molecule has 0 radical (unpaired) electrons. The molecule has 0 heterocycles. The van der Waals surface area contributed by atoms with Crippen LogP contribution in [0.5, 0.6) is 0 Å². The van der Waals surface area contributed by atoms with Crippen LogP contribution in [0.1, 0.15) is 46.5 Å². The Morgan fingerprint density at radius 1 is 1.47 bits per heavy atom. The predicted octanol–water partition coefficient (Wildman–Crippen LogP) is 3.01. The van der Waals surface area contributed by atoms with E-state index in [1.54, 1.807) is 0 Å². The van der Waals surface area contributed by atoms with Crippen LogP contribution >= 0.6 is 0 Å². The van der Waals surface area contributed by atoms with Crippen molar-refractivity contribution in [1.82, 2.24) is 0 Å². The lowest BCUT2D eigenvalue weighted by Gasteiger charge is -2.31. The molecule has 3 unspecified atom stereocenters. The van der Waals surface area contributed by atoms with Crippen molar-refractivity contribution in [3.05, 3.63) is 0 Å². The third-order valence-corrected chi connectivity index (χ3v) is 4.17. The summed E-state index contributed by atoms with van der Waals surface area (Å²) < 4.78 is 5.40. The van der Waals surface area contributed by atoms with E-state index in [9.17, 15) is 4.79 Å². The maximum Gasteiger partial charge on any atom is 0.312 e. The number of ether oxygens (including phenoxy) is 1. The highest BCUT2D eigenvalue weighted by atomic mass is 16.5. The third kappa shape index (κ3) is 1.91. The largest absolute Gasteiger partial charge is 0.465 e. The van der Waals surface area contributed by atoms with Crippen molar-refractivity contribution in [2.24, 2.45) is 23.2 Å². The van der Waals surface area contributed by atoms with Gasteiger partial charge in [-0.3, -0.25) is 4.79 Å². The molecule has 2 fully saturated rings. The molecule has 15 heavy (non-hydrogen) atoms. The summed E-state index contributed by atoms with van der Waals surface area (Å²) >= 11 is 0. The van der Waals surface area contributed by atoms with E-state index in [0.717, 1.165) is 12.3 Å². The molecule has 0 saturated heterocycles. The highest BCUT2D eigenvalue weighted by Gasteiger charge is 2.53. The van der Waals surface area contributed by atoms with Crippen LogP contribution in [0.4, 0.5) is 0 Å². The van der Waals surface area contributed by atoms with Gasteiger partial charge in [0.05, 0.1) is 12.0 Å². The Morgan fingerprint density at radius 2 is 2.20 bits per heavy atom. The van der Waals surface area contributed by atoms with Crippen molar-refractivity contribution in [3.8, 4) is 0 Å². The summed E-state index contributed by atoms with van der Waals surface area (Å²) in [7, 11) is 0. The summed E-state index contributed by atoms with van der Waals surface area (Å²) in [5.41, 5.74) is -0.155. The third-order valence-electron chi connectivity index (χ3n) is 4.17. The van der Waals surface area contributed by atoms with E-state index in [1.807, 2.05) is 0 Å². The molecule has 0 N–H and O–H groups in total. The summed E-state index contributed by atoms with van der Waals surface area (Å²) in [6.45, 7) is 6.85. The number of esters is 1. The van der Waals surface area contributed by atoms with E-state index >= 15 is 0 Å². The highest BCUT2D eigenvalue weighted by Crippen LogP contribution is 2.56. The van der Waals surface area contributed by atoms with Gasteiger partial charge in [-0.25, -0.2) is 0 Å². The molecule has 86 valence electrons. The zero-order valence-electron chi connectivity index (χ0n) is 10.1. The van der Waals surface area contributed by atoms with Crippen molar-refractivity contribution in [1.29, 1.82) is 0 Å². The van der Waals surface area contributed by atoms with Crippen LogP contribution in [0.25, 0.3) is 0 Å². The van der Waals surface area contributed by atoms with E-state index < -0.39 is 0 Å². The molecule has 2 heteroatoms. The first kappa shape index (κ1) is 11.0. The van der Waals surface area contributed by atoms with E-state index in [4.69, 9.17) is 4.74 Å². The SMILES string of the molecule is CC(C)COC(=O)C1(C)CC2CCC1C2. The molecule has 2 rings (SSSR count). The van der Waals surface area contributed by atoms with Crippen molar-refractivity contribution < 1.29 is 9.53 Å². The Morgan fingerprint density at radius 3 is 2.67 bits per heavy atom. The van der Waals surface area contributed by atoms with E-state index in [2.05, 4.69) is 20.8 Å². The van der Waals surface area contributed by atoms with Gasteiger partial charge >= 0.3 is 5.97 Å². The summed E-state index contributed by atoms with van der Waals surface area (Å²) in [6.07, 6.45) is 4.89. The van der Waals surface area contributed by atoms with Crippen LogP contribution in [-0.4, -0.2) is 12.6 Å². The van der Waals surface area contributed by atoms with Gasteiger partial charge in [0.1, 0.15) is 0 Å². The molecule has 2 saturated carbocycles. The second-order valence-electron chi connectivity index (χ2n) is 5.99. The van der Waals surface area contributed by atoms with Gasteiger partial charge in [-0.15, -0.1) is 0 Å². The predicted molar refractivity (Wildman–Crippen MR) is 59.4 cm³/mol. The summed E-state index contributed by atoms with van der Waals surface area (Å²) in [4.78, 5) is 12.0. The molecule has 0 aromatic carbocycles. The number of fused-ring (bicyclic) bond motifs is 2. The van der Waals surface area contributed by atoms with Gasteiger partial charge < -0.3 is 4.74 Å². The molecule has 0 aromatic heterocycles. The van der Waals surface area contributed by atoms with E-state index in [1.165, 1.54) is 19.3 Å². The number of hydrogen-bond acceptors (Lipinski definition) is 2. The number of carbonyl (C=O) groups excluding carboxylic acids is 1. The quantitative estimate of drug-likeness (QED) is 0.669. The van der Waals surface area contributed by atoms with Gasteiger partial charge in [0, 0.05) is 0 Å². The van der Waals surface area contributed by atoms with Gasteiger partial charge in [-0.2, -0.15) is 0 Å². The van der Waals surface area contributed by atoms with Gasteiger partial charge in [-0.1, -0.05) is 20.3 Å². The Balaban J connectivity index is 1.95. The fraction of sp³-hybridized carbons (Fsp3) is 0.923. The summed E-state index contributed by atoms with van der Waals surface area (Å²) in [5.74, 6) is 1.90. The minimum Gasteiger partial charge on any atom is -0.465 e. The second-order valence-corrected chi connectivity index (χ2v) is 5.99. The fourth-order valence-electron chi connectivity index (χ4n) is 3.26. The van der Waals surface area contributed by atoms with Gasteiger partial charge in [0.2, 0.25) is 0 Å². The Hall–Kier alpha value is -0.530. The lowest BCUT2D eigenvalue weighted by molar-refractivity contribution is -0.159. The zero-order chi connectivity index (χ0) is 11.1. The van der Waals surface area contributed by atoms with Crippen LogP contribution < -0.4 is 0 Å². The maximum absolute atomic E-state index is 12.0. The topological polar surface area (TPSA) is 26.3 Å². The van der Waals surface area contributed by atoms with E-state index in [-0.39, 0.29) is 11.4 Å². The molecule has 2 nitrogen and oxygen atoms in total. The fourth-order valence-corrected chi connectivity index (χ4v) is 3.26. The van der Waals surface area contributed by atoms with Crippen LogP contribution in [0, 0.1) is 23.2 Å². The lowest BCUT2D eigenvalue weighted by atomic mass is 9.75.